The third kappa shape index (κ3) is 3.85. The van der Waals surface area contributed by atoms with Crippen molar-refractivity contribution in [2.45, 2.75) is 20.8 Å². The summed E-state index contributed by atoms with van der Waals surface area (Å²) in [4.78, 5) is 25.4. The van der Waals surface area contributed by atoms with Crippen molar-refractivity contribution in [2.24, 2.45) is 0 Å². The number of anilines is 2. The van der Waals surface area contributed by atoms with E-state index in [-0.39, 0.29) is 5.91 Å². The number of nitrogens with zero attached hydrogens (tertiary/aromatic N) is 4. The van der Waals surface area contributed by atoms with Gasteiger partial charge in [0.25, 0.3) is 5.91 Å². The van der Waals surface area contributed by atoms with E-state index < -0.39 is 0 Å². The summed E-state index contributed by atoms with van der Waals surface area (Å²) >= 11 is 1.48. The lowest BCUT2D eigenvalue weighted by atomic mass is 9.98. The van der Waals surface area contributed by atoms with Crippen LogP contribution in [0.5, 0.6) is 0 Å². The van der Waals surface area contributed by atoms with E-state index in [2.05, 4.69) is 37.9 Å². The zero-order valence-corrected chi connectivity index (χ0v) is 17.4. The van der Waals surface area contributed by atoms with Gasteiger partial charge < -0.3 is 4.90 Å². The Bertz CT molecular complexity index is 970. The van der Waals surface area contributed by atoms with Gasteiger partial charge in [-0.15, -0.1) is 11.3 Å². The molecule has 0 spiro atoms. The molecule has 0 aliphatic rings. The molecule has 0 atom stereocenters. The Hall–Kier alpha value is -2.73. The average Bonchev–Trinajstić information content (AvgIpc) is 3.09. The summed E-state index contributed by atoms with van der Waals surface area (Å²) in [6, 6.07) is 7.85. The Kier molecular flexibility index (Phi) is 5.28. The molecule has 1 amide bonds. The predicted molar refractivity (Wildman–Crippen MR) is 113 cm³/mol. The number of carbonyl (C=O) groups is 1. The summed E-state index contributed by atoms with van der Waals surface area (Å²) in [6.07, 6.45) is 1.66. The Labute approximate surface area is 164 Å². The van der Waals surface area contributed by atoms with E-state index in [9.17, 15) is 4.79 Å². The van der Waals surface area contributed by atoms with Gasteiger partial charge in [-0.3, -0.25) is 9.69 Å². The Morgan fingerprint density at radius 2 is 1.70 bits per heavy atom. The summed E-state index contributed by atoms with van der Waals surface area (Å²) in [6.45, 7) is 6.30. The van der Waals surface area contributed by atoms with Gasteiger partial charge in [-0.2, -0.15) is 0 Å². The highest BCUT2D eigenvalue weighted by molar-refractivity contribution is 7.14. The lowest BCUT2D eigenvalue weighted by Gasteiger charge is -2.16. The van der Waals surface area contributed by atoms with Crippen LogP contribution in [0.2, 0.25) is 0 Å². The standard InChI is InChI=1S/C21H24N4OS/c1-13-9-14(2)19(15(3)10-13)17-12-27-21(23-17)25(6)20(26)16-7-8-22-18(11-16)24(4)5/h7-12H,1-6H3. The zero-order chi connectivity index (χ0) is 19.7. The Balaban J connectivity index is 1.90. The molecule has 0 aliphatic heterocycles. The molecule has 5 nitrogen and oxygen atoms in total. The first-order valence-electron chi connectivity index (χ1n) is 8.73. The fraction of sp³-hybridized carbons (Fsp3) is 0.286. The number of hydrogen-bond acceptors (Lipinski definition) is 5. The molecular formula is C21H24N4OS. The Morgan fingerprint density at radius 3 is 2.33 bits per heavy atom. The second-order valence-corrected chi connectivity index (χ2v) is 7.79. The van der Waals surface area contributed by atoms with Crippen LogP contribution in [-0.2, 0) is 0 Å². The van der Waals surface area contributed by atoms with E-state index in [1.54, 1.807) is 30.3 Å². The fourth-order valence-electron chi connectivity index (χ4n) is 3.19. The molecule has 0 bridgehead atoms. The average molecular weight is 381 g/mol. The zero-order valence-electron chi connectivity index (χ0n) is 16.6. The molecule has 0 N–H and O–H groups in total. The quantitative estimate of drug-likeness (QED) is 0.670. The smallest absolute Gasteiger partial charge is 0.259 e. The van der Waals surface area contributed by atoms with Gasteiger partial charge in [0.05, 0.1) is 5.69 Å². The van der Waals surface area contributed by atoms with Gasteiger partial charge in [0.1, 0.15) is 5.82 Å². The lowest BCUT2D eigenvalue weighted by Crippen LogP contribution is -2.26. The monoisotopic (exact) mass is 380 g/mol. The maximum absolute atomic E-state index is 12.9. The first kappa shape index (κ1) is 19.0. The van der Waals surface area contributed by atoms with Crippen molar-refractivity contribution < 1.29 is 4.79 Å². The molecule has 0 fully saturated rings. The highest BCUT2D eigenvalue weighted by Crippen LogP contribution is 2.32. The summed E-state index contributed by atoms with van der Waals surface area (Å²) in [5, 5.41) is 2.69. The van der Waals surface area contributed by atoms with Crippen LogP contribution in [-0.4, -0.2) is 37.0 Å². The molecule has 6 heteroatoms. The van der Waals surface area contributed by atoms with Crippen LogP contribution in [0.25, 0.3) is 11.3 Å². The molecule has 0 radical (unpaired) electrons. The number of hydrogen-bond donors (Lipinski definition) is 0. The molecule has 27 heavy (non-hydrogen) atoms. The van der Waals surface area contributed by atoms with E-state index in [0.717, 1.165) is 17.1 Å². The number of aromatic nitrogens is 2. The van der Waals surface area contributed by atoms with Crippen LogP contribution in [0.4, 0.5) is 10.9 Å². The van der Waals surface area contributed by atoms with Crippen molar-refractivity contribution in [1.82, 2.24) is 9.97 Å². The number of carbonyl (C=O) groups excluding carboxylic acids is 1. The van der Waals surface area contributed by atoms with Gasteiger partial charge in [-0.1, -0.05) is 17.7 Å². The SMILES string of the molecule is Cc1cc(C)c(-c2csc(N(C)C(=O)c3ccnc(N(C)C)c3)n2)c(C)c1. The molecule has 3 rings (SSSR count). The molecule has 0 saturated carbocycles. The molecule has 140 valence electrons. The van der Waals surface area contributed by atoms with Crippen molar-refractivity contribution >= 4 is 28.2 Å². The maximum atomic E-state index is 12.9. The number of benzene rings is 1. The summed E-state index contributed by atoms with van der Waals surface area (Å²) in [5.74, 6) is 0.652. The normalized spacial score (nSPS) is 10.7. The van der Waals surface area contributed by atoms with Crippen molar-refractivity contribution in [3.8, 4) is 11.3 Å². The number of pyridine rings is 1. The van der Waals surface area contributed by atoms with Crippen LogP contribution < -0.4 is 9.80 Å². The topological polar surface area (TPSA) is 49.3 Å². The van der Waals surface area contributed by atoms with Gasteiger partial charge in [-0.25, -0.2) is 9.97 Å². The van der Waals surface area contributed by atoms with Crippen molar-refractivity contribution in [3.05, 3.63) is 58.1 Å². The molecule has 3 aromatic rings. The molecule has 0 aliphatic carbocycles. The van der Waals surface area contributed by atoms with Crippen LogP contribution in [0.3, 0.4) is 0 Å². The van der Waals surface area contributed by atoms with Gasteiger partial charge >= 0.3 is 0 Å². The minimum Gasteiger partial charge on any atom is -0.363 e. The number of thiazole rings is 1. The van der Waals surface area contributed by atoms with E-state index in [1.165, 1.54) is 28.0 Å². The summed E-state index contributed by atoms with van der Waals surface area (Å²) in [7, 11) is 5.56. The first-order chi connectivity index (χ1) is 12.8. The van der Waals surface area contributed by atoms with E-state index in [0.29, 0.717) is 10.7 Å². The molecule has 0 unspecified atom stereocenters. The number of aryl methyl sites for hydroxylation is 3. The van der Waals surface area contributed by atoms with Crippen LogP contribution in [0, 0.1) is 20.8 Å². The molecule has 2 aromatic heterocycles. The Morgan fingerprint density at radius 1 is 1.04 bits per heavy atom. The molecule has 2 heterocycles. The van der Waals surface area contributed by atoms with E-state index in [1.807, 2.05) is 24.4 Å². The maximum Gasteiger partial charge on any atom is 0.259 e. The van der Waals surface area contributed by atoms with E-state index >= 15 is 0 Å². The first-order valence-corrected chi connectivity index (χ1v) is 9.61. The van der Waals surface area contributed by atoms with Crippen molar-refractivity contribution in [2.75, 3.05) is 30.9 Å². The minimum atomic E-state index is -0.0984. The molecular weight excluding hydrogens is 356 g/mol. The third-order valence-electron chi connectivity index (χ3n) is 4.47. The van der Waals surface area contributed by atoms with Gasteiger partial charge in [0.2, 0.25) is 0 Å². The molecule has 1 aromatic carbocycles. The van der Waals surface area contributed by atoms with Gasteiger partial charge in [0, 0.05) is 43.8 Å². The van der Waals surface area contributed by atoms with E-state index in [4.69, 9.17) is 4.98 Å². The highest BCUT2D eigenvalue weighted by Gasteiger charge is 2.19. The number of amides is 1. The van der Waals surface area contributed by atoms with Crippen LogP contribution in [0.1, 0.15) is 27.0 Å². The summed E-state index contributed by atoms with van der Waals surface area (Å²) in [5.41, 5.74) is 6.28. The largest absolute Gasteiger partial charge is 0.363 e. The second-order valence-electron chi connectivity index (χ2n) is 6.95. The predicted octanol–water partition coefficient (Wildman–Crippen LogP) is 4.47. The summed E-state index contributed by atoms with van der Waals surface area (Å²) < 4.78 is 0. The van der Waals surface area contributed by atoms with Crippen LogP contribution in [0.15, 0.2) is 35.8 Å². The van der Waals surface area contributed by atoms with Crippen LogP contribution >= 0.6 is 11.3 Å². The van der Waals surface area contributed by atoms with Gasteiger partial charge in [0.15, 0.2) is 5.13 Å². The van der Waals surface area contributed by atoms with Gasteiger partial charge in [-0.05, 0) is 44.0 Å². The van der Waals surface area contributed by atoms with Crippen molar-refractivity contribution in [1.29, 1.82) is 0 Å². The molecule has 0 saturated heterocycles. The number of rotatable bonds is 4. The second kappa shape index (κ2) is 7.48. The highest BCUT2D eigenvalue weighted by atomic mass is 32.1. The lowest BCUT2D eigenvalue weighted by molar-refractivity contribution is 0.0993. The van der Waals surface area contributed by atoms with Crippen molar-refractivity contribution in [3.63, 3.8) is 0 Å². The minimum absolute atomic E-state index is 0.0984. The third-order valence-corrected chi connectivity index (χ3v) is 5.38. The fourth-order valence-corrected chi connectivity index (χ4v) is 3.97.